The molecule has 0 aromatic heterocycles. The zero-order valence-corrected chi connectivity index (χ0v) is 36.4. The van der Waals surface area contributed by atoms with Gasteiger partial charge in [-0.05, 0) is 102 Å². The Labute approximate surface area is 366 Å². The van der Waals surface area contributed by atoms with Crippen LogP contribution in [0.1, 0.15) is 86.6 Å². The van der Waals surface area contributed by atoms with Crippen molar-refractivity contribution in [1.29, 1.82) is 0 Å². The lowest BCUT2D eigenvalue weighted by Gasteiger charge is -2.40. The minimum absolute atomic E-state index is 0.00857. The van der Waals surface area contributed by atoms with E-state index in [2.05, 4.69) is 0 Å². The first-order valence-corrected chi connectivity index (χ1v) is 20.5. The zero-order valence-electron chi connectivity index (χ0n) is 36.4. The van der Waals surface area contributed by atoms with Gasteiger partial charge in [0.05, 0.1) is 26.4 Å². The normalized spacial score (nSPS) is 15.1. The van der Waals surface area contributed by atoms with E-state index in [9.17, 15) is 33.6 Å². The van der Waals surface area contributed by atoms with E-state index in [0.29, 0.717) is 40.8 Å². The number of benzene rings is 3. The van der Waals surface area contributed by atoms with E-state index in [4.69, 9.17) is 42.6 Å². The van der Waals surface area contributed by atoms with E-state index >= 15 is 0 Å². The van der Waals surface area contributed by atoms with Gasteiger partial charge in [-0.1, -0.05) is 30.3 Å². The predicted octanol–water partition coefficient (Wildman–Crippen LogP) is 6.05. The molecule has 0 aliphatic carbocycles. The van der Waals surface area contributed by atoms with Crippen LogP contribution in [0.25, 0.3) is 0 Å². The molecule has 16 nitrogen and oxygen atoms in total. The van der Waals surface area contributed by atoms with Gasteiger partial charge in [0.25, 0.3) is 0 Å². The minimum atomic E-state index is -1.76. The topological polar surface area (TPSA) is 203 Å². The smallest absolute Gasteiger partial charge is 0.319 e. The Morgan fingerprint density at radius 2 is 1.02 bits per heavy atom. The van der Waals surface area contributed by atoms with Crippen molar-refractivity contribution < 1.29 is 76.2 Å². The Morgan fingerprint density at radius 3 is 1.48 bits per heavy atom. The summed E-state index contributed by atoms with van der Waals surface area (Å²) in [7, 11) is 0. The lowest BCUT2D eigenvalue weighted by molar-refractivity contribution is -0.282. The quantitative estimate of drug-likeness (QED) is 0.0412. The largest absolute Gasteiger partial charge is 0.494 e. The summed E-state index contributed by atoms with van der Waals surface area (Å²) in [6.45, 7) is 5.67. The number of carbonyl (C=O) groups is 7. The lowest BCUT2D eigenvalue weighted by atomic mass is 9.90. The Balaban J connectivity index is 1.41. The number of esters is 5. The first kappa shape index (κ1) is 49.5. The number of ether oxygens (including phenoxy) is 9. The third-order valence-corrected chi connectivity index (χ3v) is 9.94. The molecule has 0 spiro atoms. The third kappa shape index (κ3) is 15.9. The molecule has 0 radical (unpaired) electrons. The van der Waals surface area contributed by atoms with Crippen LogP contribution in [0.2, 0.25) is 0 Å². The fourth-order valence-electron chi connectivity index (χ4n) is 5.60. The molecular formula is C47H56O16. The van der Waals surface area contributed by atoms with E-state index in [1.54, 1.807) is 99.6 Å². The molecule has 63 heavy (non-hydrogen) atoms. The lowest BCUT2D eigenvalue weighted by Crippen LogP contribution is -2.51. The van der Waals surface area contributed by atoms with Crippen LogP contribution in [-0.2, 0) is 63.7 Å². The van der Waals surface area contributed by atoms with Crippen molar-refractivity contribution in [2.75, 3.05) is 52.9 Å². The van der Waals surface area contributed by atoms with Gasteiger partial charge in [0.2, 0.25) is 0 Å². The van der Waals surface area contributed by atoms with Crippen molar-refractivity contribution in [3.8, 4) is 11.5 Å². The van der Waals surface area contributed by atoms with Gasteiger partial charge < -0.3 is 42.6 Å². The van der Waals surface area contributed by atoms with Gasteiger partial charge >= 0.3 is 29.8 Å². The number of hydrogen-bond acceptors (Lipinski definition) is 16. The molecule has 0 saturated carbocycles. The van der Waals surface area contributed by atoms with Gasteiger partial charge in [-0.3, -0.25) is 33.6 Å². The molecule has 0 bridgehead atoms. The molecule has 1 saturated heterocycles. The highest BCUT2D eigenvalue weighted by Crippen LogP contribution is 2.32. The van der Waals surface area contributed by atoms with Crippen molar-refractivity contribution in [3.63, 3.8) is 0 Å². The van der Waals surface area contributed by atoms with Gasteiger partial charge in [-0.2, -0.15) is 0 Å². The van der Waals surface area contributed by atoms with Crippen LogP contribution >= 0.6 is 0 Å². The molecular weight excluding hydrogens is 821 g/mol. The van der Waals surface area contributed by atoms with Crippen molar-refractivity contribution in [2.45, 2.75) is 72.7 Å². The number of carbonyl (C=O) groups excluding carboxylic acids is 7. The molecule has 1 atom stereocenters. The average Bonchev–Trinajstić information content (AvgIpc) is 3.29. The van der Waals surface area contributed by atoms with Crippen molar-refractivity contribution in [3.05, 3.63) is 95.6 Å². The molecule has 1 aliphatic rings. The maximum Gasteiger partial charge on any atom is 0.319 e. The van der Waals surface area contributed by atoms with Gasteiger partial charge in [0.1, 0.15) is 73.4 Å². The summed E-state index contributed by atoms with van der Waals surface area (Å²) < 4.78 is 50.6. The van der Waals surface area contributed by atoms with Crippen molar-refractivity contribution in [1.82, 2.24) is 0 Å². The molecule has 3 aromatic rings. The Bertz CT molecular complexity index is 1910. The average molecular weight is 877 g/mol. The maximum absolute atomic E-state index is 14.0. The first-order valence-electron chi connectivity index (χ1n) is 20.5. The highest BCUT2D eigenvalue weighted by molar-refractivity contribution is 5.82. The summed E-state index contributed by atoms with van der Waals surface area (Å²) in [4.78, 5) is 88.7. The van der Waals surface area contributed by atoms with E-state index in [1.165, 1.54) is 13.8 Å². The molecule has 1 fully saturated rings. The van der Waals surface area contributed by atoms with E-state index in [1.807, 2.05) is 0 Å². The van der Waals surface area contributed by atoms with E-state index < -0.39 is 78.3 Å². The molecule has 16 heteroatoms. The van der Waals surface area contributed by atoms with Crippen LogP contribution in [0.15, 0.2) is 78.9 Å². The van der Waals surface area contributed by atoms with Gasteiger partial charge in [0, 0.05) is 24.0 Å². The van der Waals surface area contributed by atoms with Crippen LogP contribution in [0.5, 0.6) is 11.5 Å². The SMILES string of the molecule is CC1(C)OCC(C)(C(=O)OCC(C)(COC(=O)C(C)(COC(=O)CCCOc2ccc(C=O)cc2)COC(=O)CCCOc2ccc(C=O)cc2)C(=O)OCc2ccccc2)CO1. The maximum atomic E-state index is 14.0. The highest BCUT2D eigenvalue weighted by Gasteiger charge is 2.47. The molecule has 3 aromatic carbocycles. The first-order chi connectivity index (χ1) is 30.0. The summed E-state index contributed by atoms with van der Waals surface area (Å²) in [5.41, 5.74) is -3.03. The van der Waals surface area contributed by atoms with Gasteiger partial charge in [-0.25, -0.2) is 0 Å². The van der Waals surface area contributed by atoms with Crippen LogP contribution in [0, 0.1) is 16.2 Å². The van der Waals surface area contributed by atoms with Gasteiger partial charge in [-0.15, -0.1) is 0 Å². The number of rotatable bonds is 25. The second-order valence-corrected chi connectivity index (χ2v) is 16.5. The minimum Gasteiger partial charge on any atom is -0.494 e. The summed E-state index contributed by atoms with van der Waals surface area (Å²) in [5.74, 6) is -3.77. The molecule has 1 unspecified atom stereocenters. The van der Waals surface area contributed by atoms with Crippen LogP contribution in [0.3, 0.4) is 0 Å². The van der Waals surface area contributed by atoms with Crippen molar-refractivity contribution in [2.24, 2.45) is 16.2 Å². The molecule has 340 valence electrons. The molecule has 0 N–H and O–H groups in total. The zero-order chi connectivity index (χ0) is 45.9. The van der Waals surface area contributed by atoms with E-state index in [-0.39, 0.29) is 58.7 Å². The Kier molecular flexibility index (Phi) is 18.4. The fourth-order valence-corrected chi connectivity index (χ4v) is 5.60. The molecule has 4 rings (SSSR count). The molecule has 1 aliphatic heterocycles. The Hall–Kier alpha value is -6.13. The summed E-state index contributed by atoms with van der Waals surface area (Å²) >= 11 is 0. The molecule has 0 amide bonds. The summed E-state index contributed by atoms with van der Waals surface area (Å²) in [5, 5.41) is 0. The second-order valence-electron chi connectivity index (χ2n) is 16.5. The molecule has 1 heterocycles. The van der Waals surface area contributed by atoms with E-state index in [0.717, 1.165) is 0 Å². The monoisotopic (exact) mass is 876 g/mol. The van der Waals surface area contributed by atoms with Crippen molar-refractivity contribution >= 4 is 42.4 Å². The third-order valence-electron chi connectivity index (χ3n) is 9.94. The highest BCUT2D eigenvalue weighted by atomic mass is 16.7. The number of hydrogen-bond donors (Lipinski definition) is 0. The van der Waals surface area contributed by atoms with Crippen LogP contribution < -0.4 is 9.47 Å². The second kappa shape index (κ2) is 23.4. The summed E-state index contributed by atoms with van der Waals surface area (Å²) in [6.07, 6.45) is 1.76. The van der Waals surface area contributed by atoms with Crippen LogP contribution in [0.4, 0.5) is 0 Å². The fraction of sp³-hybridized carbons (Fsp3) is 0.468. The van der Waals surface area contributed by atoms with Crippen LogP contribution in [-0.4, -0.2) is 101 Å². The number of aldehydes is 2. The summed E-state index contributed by atoms with van der Waals surface area (Å²) in [6, 6.07) is 21.8. The predicted molar refractivity (Wildman–Crippen MR) is 223 cm³/mol. The standard InChI is InChI=1S/C47H56O16/c1-44(2)62-32-47(5,33-63-44)43(54)61-31-46(4,41(52)57-27-36-11-7-6-8-12-36)30-60-42(53)45(3,28-58-39(50)13-9-23-55-37-19-15-34(25-48)16-20-37)29-59-40(51)14-10-24-56-38-21-17-35(26-49)18-22-38/h6-8,11-12,15-22,25-26H,9-10,13-14,23-24,27-33H2,1-5H3. The van der Waals surface area contributed by atoms with Gasteiger partial charge in [0.15, 0.2) is 5.79 Å². The Morgan fingerprint density at radius 1 is 0.587 bits per heavy atom.